The molecule has 4 aromatic rings. The summed E-state index contributed by atoms with van der Waals surface area (Å²) in [4.78, 5) is 26.0. The van der Waals surface area contributed by atoms with Crippen LogP contribution < -0.4 is 0 Å². The smallest absolute Gasteiger partial charge is 0.312 e. The summed E-state index contributed by atoms with van der Waals surface area (Å²) < 4.78 is 12.5. The average Bonchev–Trinajstić information content (AvgIpc) is 3.43. The molecular formula is C22H20N2O4S. The van der Waals surface area contributed by atoms with E-state index in [0.717, 1.165) is 23.3 Å². The van der Waals surface area contributed by atoms with Gasteiger partial charge in [-0.25, -0.2) is 0 Å². The first-order valence-corrected chi connectivity index (χ1v) is 10.1. The minimum atomic E-state index is -0.509. The number of hydrogen-bond donors (Lipinski definition) is 0. The third-order valence-electron chi connectivity index (χ3n) is 4.90. The molecule has 6 nitrogen and oxygen atoms in total. The normalized spacial score (nSPS) is 11.1. The number of para-hydroxylation sites is 1. The summed E-state index contributed by atoms with van der Waals surface area (Å²) in [5.74, 6) is -0.723. The molecule has 0 amide bonds. The number of rotatable bonds is 7. The number of esters is 1. The zero-order valence-corrected chi connectivity index (χ0v) is 17.0. The van der Waals surface area contributed by atoms with E-state index in [1.807, 2.05) is 49.6 Å². The molecule has 0 aliphatic heterocycles. The van der Waals surface area contributed by atoms with E-state index < -0.39 is 5.97 Å². The summed E-state index contributed by atoms with van der Waals surface area (Å²) in [5, 5.41) is 6.73. The van der Waals surface area contributed by atoms with Gasteiger partial charge in [0.1, 0.15) is 5.69 Å². The van der Waals surface area contributed by atoms with Gasteiger partial charge in [0.25, 0.3) is 0 Å². The highest BCUT2D eigenvalue weighted by molar-refractivity contribution is 7.09. The third-order valence-corrected chi connectivity index (χ3v) is 5.76. The number of carbonyl (C=O) groups is 2. The molecule has 0 saturated carbocycles. The molecule has 0 N–H and O–H groups in total. The monoisotopic (exact) mass is 408 g/mol. The lowest BCUT2D eigenvalue weighted by Crippen LogP contribution is -2.16. The Balaban J connectivity index is 1.40. The fourth-order valence-corrected chi connectivity index (χ4v) is 4.05. The van der Waals surface area contributed by atoms with Crippen molar-refractivity contribution in [2.75, 3.05) is 6.61 Å². The zero-order chi connectivity index (χ0) is 20.4. The first kappa shape index (κ1) is 19.1. The fourth-order valence-electron chi connectivity index (χ4n) is 3.36. The standard InChI is InChI=1S/C22H20N2O4S/c1-14-10-18(15(2)24(14)12-16-6-5-9-29-16)20(25)13-27-22(26)11-19-17-7-3-4-8-21(17)28-23-19/h3-10H,11-13H2,1-2H3. The van der Waals surface area contributed by atoms with Gasteiger partial charge >= 0.3 is 5.97 Å². The van der Waals surface area contributed by atoms with Gasteiger partial charge in [-0.2, -0.15) is 0 Å². The summed E-state index contributed by atoms with van der Waals surface area (Å²) in [5.41, 5.74) is 3.58. The quantitative estimate of drug-likeness (QED) is 0.336. The second kappa shape index (κ2) is 8.05. The maximum Gasteiger partial charge on any atom is 0.312 e. The van der Waals surface area contributed by atoms with Gasteiger partial charge in [0, 0.05) is 27.2 Å². The Hall–Kier alpha value is -3.19. The van der Waals surface area contributed by atoms with Crippen LogP contribution in [-0.4, -0.2) is 28.1 Å². The van der Waals surface area contributed by atoms with Gasteiger partial charge in [-0.05, 0) is 43.5 Å². The SMILES string of the molecule is Cc1cc(C(=O)COC(=O)Cc2noc3ccccc23)c(C)n1Cc1cccs1. The molecule has 3 aromatic heterocycles. The lowest BCUT2D eigenvalue weighted by atomic mass is 10.1. The predicted molar refractivity (Wildman–Crippen MR) is 110 cm³/mol. The molecule has 0 spiro atoms. The summed E-state index contributed by atoms with van der Waals surface area (Å²) in [6, 6.07) is 13.2. The van der Waals surface area contributed by atoms with Crippen molar-refractivity contribution >= 4 is 34.1 Å². The Morgan fingerprint density at radius 2 is 2.00 bits per heavy atom. The van der Waals surface area contributed by atoms with Crippen LogP contribution in [0.4, 0.5) is 0 Å². The lowest BCUT2D eigenvalue weighted by molar-refractivity contribution is -0.141. The van der Waals surface area contributed by atoms with Crippen LogP contribution >= 0.6 is 11.3 Å². The molecule has 4 rings (SSSR count). The molecule has 3 heterocycles. The van der Waals surface area contributed by atoms with E-state index in [1.165, 1.54) is 4.88 Å². The van der Waals surface area contributed by atoms with Crippen molar-refractivity contribution in [3.8, 4) is 0 Å². The number of ether oxygens (including phenoxy) is 1. The highest BCUT2D eigenvalue weighted by atomic mass is 32.1. The largest absolute Gasteiger partial charge is 0.457 e. The molecule has 1 aromatic carbocycles. The number of thiophene rings is 1. The number of fused-ring (bicyclic) bond motifs is 1. The van der Waals surface area contributed by atoms with Crippen LogP contribution in [0.2, 0.25) is 0 Å². The average molecular weight is 408 g/mol. The summed E-state index contributed by atoms with van der Waals surface area (Å²) >= 11 is 1.68. The number of Topliss-reactive ketones (excluding diaryl/α,β-unsaturated/α-hetero) is 1. The fraction of sp³-hybridized carbons (Fsp3) is 0.227. The molecule has 0 fully saturated rings. The van der Waals surface area contributed by atoms with E-state index in [2.05, 4.69) is 15.8 Å². The molecular weight excluding hydrogens is 388 g/mol. The molecule has 0 bridgehead atoms. The Kier molecular flexibility index (Phi) is 5.31. The van der Waals surface area contributed by atoms with Crippen molar-refractivity contribution < 1.29 is 18.8 Å². The van der Waals surface area contributed by atoms with Crippen LogP contribution in [0.5, 0.6) is 0 Å². The van der Waals surface area contributed by atoms with Crippen molar-refractivity contribution in [3.63, 3.8) is 0 Å². The minimum absolute atomic E-state index is 0.0400. The summed E-state index contributed by atoms with van der Waals surface area (Å²) in [7, 11) is 0. The number of benzene rings is 1. The second-order valence-electron chi connectivity index (χ2n) is 6.84. The second-order valence-corrected chi connectivity index (χ2v) is 7.87. The van der Waals surface area contributed by atoms with Crippen molar-refractivity contribution in [3.05, 3.63) is 75.4 Å². The van der Waals surface area contributed by atoms with Gasteiger partial charge in [0.15, 0.2) is 12.2 Å². The van der Waals surface area contributed by atoms with E-state index in [4.69, 9.17) is 9.26 Å². The minimum Gasteiger partial charge on any atom is -0.457 e. The molecule has 0 aliphatic rings. The van der Waals surface area contributed by atoms with E-state index in [9.17, 15) is 9.59 Å². The molecule has 0 unspecified atom stereocenters. The van der Waals surface area contributed by atoms with Crippen molar-refractivity contribution in [2.24, 2.45) is 0 Å². The van der Waals surface area contributed by atoms with Gasteiger partial charge in [-0.15, -0.1) is 11.3 Å². The Bertz CT molecular complexity index is 1170. The Morgan fingerprint density at radius 1 is 1.17 bits per heavy atom. The van der Waals surface area contributed by atoms with E-state index in [1.54, 1.807) is 17.4 Å². The first-order chi connectivity index (χ1) is 14.0. The Labute approximate surface area is 171 Å². The van der Waals surface area contributed by atoms with Gasteiger partial charge in [-0.1, -0.05) is 23.4 Å². The van der Waals surface area contributed by atoms with Gasteiger partial charge in [0.05, 0.1) is 13.0 Å². The van der Waals surface area contributed by atoms with Crippen LogP contribution in [0, 0.1) is 13.8 Å². The van der Waals surface area contributed by atoms with E-state index >= 15 is 0 Å². The molecule has 0 atom stereocenters. The molecule has 148 valence electrons. The molecule has 0 radical (unpaired) electrons. The van der Waals surface area contributed by atoms with Crippen LogP contribution in [0.3, 0.4) is 0 Å². The number of ketones is 1. The zero-order valence-electron chi connectivity index (χ0n) is 16.2. The summed E-state index contributed by atoms with van der Waals surface area (Å²) in [6.45, 7) is 4.32. The highest BCUT2D eigenvalue weighted by Gasteiger charge is 2.19. The molecule has 7 heteroatoms. The number of aryl methyl sites for hydroxylation is 1. The van der Waals surface area contributed by atoms with Crippen molar-refractivity contribution in [2.45, 2.75) is 26.8 Å². The van der Waals surface area contributed by atoms with E-state index in [0.29, 0.717) is 16.8 Å². The first-order valence-electron chi connectivity index (χ1n) is 9.24. The molecule has 0 aliphatic carbocycles. The maximum absolute atomic E-state index is 12.6. The number of carbonyl (C=O) groups excluding carboxylic acids is 2. The molecule has 29 heavy (non-hydrogen) atoms. The number of hydrogen-bond acceptors (Lipinski definition) is 6. The number of aromatic nitrogens is 2. The van der Waals surface area contributed by atoms with Crippen LogP contribution in [0.15, 0.2) is 52.4 Å². The predicted octanol–water partition coefficient (Wildman–Crippen LogP) is 4.32. The Morgan fingerprint density at radius 3 is 2.79 bits per heavy atom. The highest BCUT2D eigenvalue weighted by Crippen LogP contribution is 2.21. The number of nitrogens with zero attached hydrogens (tertiary/aromatic N) is 2. The topological polar surface area (TPSA) is 74.3 Å². The maximum atomic E-state index is 12.6. The van der Waals surface area contributed by atoms with Crippen LogP contribution in [-0.2, 0) is 22.5 Å². The molecule has 0 saturated heterocycles. The van der Waals surface area contributed by atoms with Crippen molar-refractivity contribution in [1.82, 2.24) is 9.72 Å². The van der Waals surface area contributed by atoms with Gasteiger partial charge < -0.3 is 13.8 Å². The van der Waals surface area contributed by atoms with Crippen LogP contribution in [0.1, 0.15) is 32.3 Å². The van der Waals surface area contributed by atoms with Gasteiger partial charge in [0.2, 0.25) is 5.78 Å². The third kappa shape index (κ3) is 4.00. The van der Waals surface area contributed by atoms with Crippen LogP contribution in [0.25, 0.3) is 11.0 Å². The summed E-state index contributed by atoms with van der Waals surface area (Å²) in [6.07, 6.45) is -0.0400. The van der Waals surface area contributed by atoms with Crippen molar-refractivity contribution in [1.29, 1.82) is 0 Å². The van der Waals surface area contributed by atoms with Gasteiger partial charge in [-0.3, -0.25) is 9.59 Å². The van der Waals surface area contributed by atoms with E-state index in [-0.39, 0.29) is 18.8 Å². The lowest BCUT2D eigenvalue weighted by Gasteiger charge is -2.08.